The van der Waals surface area contributed by atoms with Crippen molar-refractivity contribution in [2.45, 2.75) is 117 Å². The Morgan fingerprint density at radius 1 is 0.248 bits per heavy atom. The molecule has 0 atom stereocenters. The van der Waals surface area contributed by atoms with E-state index in [1.54, 1.807) is 12.1 Å². The summed E-state index contributed by atoms with van der Waals surface area (Å²) in [6.45, 7) is 24.5. The lowest BCUT2D eigenvalue weighted by molar-refractivity contribution is 0.00578. The van der Waals surface area contributed by atoms with E-state index in [1.165, 1.54) is 0 Å². The Bertz CT molecular complexity index is 5750. The monoisotopic (exact) mass is 1610 g/mol. The summed E-state index contributed by atoms with van der Waals surface area (Å²) in [6, 6.07) is 94.4. The van der Waals surface area contributed by atoms with Crippen molar-refractivity contribution in [1.82, 2.24) is 44.9 Å². The third-order valence-corrected chi connectivity index (χ3v) is 22.7. The Morgan fingerprint density at radius 3 is 0.812 bits per heavy atom. The van der Waals surface area contributed by atoms with Crippen LogP contribution >= 0.6 is 34.8 Å². The van der Waals surface area contributed by atoms with Crippen molar-refractivity contribution in [2.24, 2.45) is 0 Å². The van der Waals surface area contributed by atoms with E-state index in [9.17, 15) is 0 Å². The van der Waals surface area contributed by atoms with Gasteiger partial charge in [-0.05, 0) is 151 Å². The van der Waals surface area contributed by atoms with Crippen LogP contribution < -0.4 is 10.9 Å². The normalized spacial score (nSPS) is 15.7. The van der Waals surface area contributed by atoms with Crippen molar-refractivity contribution in [2.75, 3.05) is 0 Å². The average molecular weight is 1610 g/mol. The lowest BCUT2D eigenvalue weighted by Gasteiger charge is -2.32. The van der Waals surface area contributed by atoms with E-state index < -0.39 is 39.5 Å². The molecule has 0 amide bonds. The van der Waals surface area contributed by atoms with Crippen LogP contribution in [-0.4, -0.2) is 117 Å². The number of halogens is 3. The highest BCUT2D eigenvalue weighted by Gasteiger charge is 2.64. The Hall–Kier alpha value is -10.7. The first-order valence-corrected chi connectivity index (χ1v) is 39.7. The summed E-state index contributed by atoms with van der Waals surface area (Å²) in [5, 5.41) is 25.5. The van der Waals surface area contributed by atoms with Crippen molar-refractivity contribution in [1.29, 1.82) is 0 Å². The fourth-order valence-electron chi connectivity index (χ4n) is 13.3. The first-order valence-electron chi connectivity index (χ1n) is 38.6. The number of hydrogen-bond donors (Lipinski definition) is 2. The standard InChI is InChI=1S/C31H28BN3O2.C25H16ClN3.C15H10ClN3.C12H24B2O4.C10H8BClO2/c1-30(2)31(3,4)37-32(36-30)26-20-19-25(23-17-11-12-18-24(23)26)29-34-27(21-13-7-5-8-14-21)33-28(35-29)22-15-9-6-10-16-22;26-22-16-15-21(19-13-7-8-14-20(19)22)25-28-23(17-9-3-1-4-10-17)27-24(29-25)18-11-5-2-6-12-18;16-15-18-13(11-7-3-1-4-8-11)17-14(19-15)12-9-5-2-6-10-12;1-9(2)10(3,4)16-13(15-9)14-17-11(5,6)12(7,8)18-14;12-10-6-5-9(11(13)14)7-3-1-2-4-8(7)10/h5-20H,1-4H3;1-16H;1-10H;1-8H3;1-6,13-14H. The van der Waals surface area contributed by atoms with Gasteiger partial charge in [-0.1, -0.05) is 296 Å². The van der Waals surface area contributed by atoms with E-state index in [0.29, 0.717) is 62.1 Å². The maximum Gasteiger partial charge on any atom is 0.495 e. The maximum absolute atomic E-state index is 9.13. The van der Waals surface area contributed by atoms with Gasteiger partial charge in [0.15, 0.2) is 46.6 Å². The molecule has 0 unspecified atom stereocenters. The van der Waals surface area contributed by atoms with Crippen LogP contribution in [-0.2, 0) is 27.9 Å². The van der Waals surface area contributed by atoms with Crippen LogP contribution in [0.25, 0.3) is 123 Å². The van der Waals surface area contributed by atoms with Gasteiger partial charge in [0, 0.05) is 59.9 Å². The van der Waals surface area contributed by atoms with Crippen LogP contribution in [0, 0.1) is 0 Å². The minimum absolute atomic E-state index is 0.202. The Labute approximate surface area is 698 Å². The van der Waals surface area contributed by atoms with Gasteiger partial charge in [-0.25, -0.2) is 34.9 Å². The van der Waals surface area contributed by atoms with Gasteiger partial charge in [0.1, 0.15) is 0 Å². The van der Waals surface area contributed by atoms with Crippen molar-refractivity contribution in [3.8, 4) is 91.1 Å². The summed E-state index contributed by atoms with van der Waals surface area (Å²) in [6.07, 6.45) is 0. The Balaban J connectivity index is 0.000000126. The molecule has 0 aliphatic carbocycles. The lowest BCUT2D eigenvalue weighted by atomic mass is 9.49. The average Bonchev–Trinajstić information content (AvgIpc) is 1.65. The fourth-order valence-corrected chi connectivity index (χ4v) is 13.9. The molecule has 3 aromatic heterocycles. The Kier molecular flexibility index (Phi) is 24.6. The summed E-state index contributed by atoms with van der Waals surface area (Å²) in [5.74, 6) is 5.00. The zero-order chi connectivity index (χ0) is 82.4. The van der Waals surface area contributed by atoms with E-state index in [0.717, 1.165) is 82.3 Å². The van der Waals surface area contributed by atoms with Crippen molar-refractivity contribution in [3.63, 3.8) is 0 Å². The number of rotatable bonds is 11. The van der Waals surface area contributed by atoms with Gasteiger partial charge in [0.2, 0.25) is 5.28 Å². The molecule has 3 saturated heterocycles. The second kappa shape index (κ2) is 34.8. The number of fused-ring (bicyclic) bond motifs is 3. The second-order valence-electron chi connectivity index (χ2n) is 31.3. The summed E-state index contributed by atoms with van der Waals surface area (Å²) < 4.78 is 36.6. The first-order chi connectivity index (χ1) is 56.0. The third kappa shape index (κ3) is 18.5. The molecular weight excluding hydrogens is 1520 g/mol. The minimum atomic E-state index is -1.46. The second-order valence-corrected chi connectivity index (χ2v) is 32.5. The smallest absolute Gasteiger partial charge is 0.423 e. The molecule has 0 bridgehead atoms. The minimum Gasteiger partial charge on any atom is -0.423 e. The van der Waals surface area contributed by atoms with Crippen molar-refractivity contribution < 1.29 is 38.0 Å². The molecule has 12 aromatic carbocycles. The van der Waals surface area contributed by atoms with Gasteiger partial charge in [-0.15, -0.1) is 0 Å². The number of aromatic nitrogens is 9. The molecule has 15 aromatic rings. The van der Waals surface area contributed by atoms with Gasteiger partial charge in [0.25, 0.3) is 0 Å². The molecule has 0 saturated carbocycles. The Morgan fingerprint density at radius 2 is 0.487 bits per heavy atom. The highest BCUT2D eigenvalue weighted by Crippen LogP contribution is 2.44. The highest BCUT2D eigenvalue weighted by molar-refractivity contribution is 7.11. The van der Waals surface area contributed by atoms with Crippen molar-refractivity contribution in [3.05, 3.63) is 307 Å². The van der Waals surface area contributed by atoms with Gasteiger partial charge in [-0.3, -0.25) is 0 Å². The molecule has 24 heteroatoms. The van der Waals surface area contributed by atoms with E-state index in [4.69, 9.17) is 103 Å². The van der Waals surface area contributed by atoms with Crippen molar-refractivity contribution >= 4 is 106 Å². The number of hydrogen-bond acceptors (Lipinski definition) is 17. The van der Waals surface area contributed by atoms with Crippen LogP contribution in [0.2, 0.25) is 15.3 Å². The third-order valence-electron chi connectivity index (χ3n) is 21.8. The van der Waals surface area contributed by atoms with E-state index in [2.05, 4.69) is 66.9 Å². The summed E-state index contributed by atoms with van der Waals surface area (Å²) in [5.41, 5.74) is 6.71. The van der Waals surface area contributed by atoms with E-state index in [-0.39, 0.29) is 27.7 Å². The molecule has 584 valence electrons. The fraction of sp³-hybridized carbons (Fsp3) is 0.194. The quantitative estimate of drug-likeness (QED) is 0.115. The van der Waals surface area contributed by atoms with E-state index in [1.807, 2.05) is 310 Å². The summed E-state index contributed by atoms with van der Waals surface area (Å²) in [4.78, 5) is 41.9. The SMILES string of the molecule is CC1(C)OB(B2OC(C)(C)C(C)(C)O2)OC1(C)C.CC1(C)OB(c2ccc(-c3nc(-c4ccccc4)nc(-c4ccccc4)n3)c3ccccc23)OC1(C)C.Clc1ccc(-c2nc(-c3ccccc3)nc(-c3ccccc3)n2)c2ccccc12.Clc1nc(-c2ccccc2)nc(-c2ccccc2)n1.OB(O)c1ccc(Cl)c2ccccc12. The predicted molar refractivity (Wildman–Crippen MR) is 475 cm³/mol. The summed E-state index contributed by atoms with van der Waals surface area (Å²) >= 11 is 18.4. The first kappa shape index (κ1) is 82.8. The van der Waals surface area contributed by atoms with E-state index >= 15 is 0 Å². The highest BCUT2D eigenvalue weighted by atomic mass is 35.5. The molecule has 18 rings (SSSR count). The molecule has 117 heavy (non-hydrogen) atoms. The van der Waals surface area contributed by atoms with Gasteiger partial charge in [-0.2, -0.15) is 9.97 Å². The van der Waals surface area contributed by atoms with Gasteiger partial charge in [0.05, 0.1) is 33.6 Å². The number of nitrogens with zero attached hydrogens (tertiary/aromatic N) is 9. The lowest BCUT2D eigenvalue weighted by Crippen LogP contribution is -2.41. The molecule has 3 aliphatic heterocycles. The van der Waals surface area contributed by atoms with Crippen LogP contribution in [0.15, 0.2) is 291 Å². The summed E-state index contributed by atoms with van der Waals surface area (Å²) in [7, 11) is -2.87. The predicted octanol–water partition coefficient (Wildman–Crippen LogP) is 20.3. The molecule has 0 radical (unpaired) electrons. The van der Waals surface area contributed by atoms with Gasteiger partial charge >= 0.3 is 28.3 Å². The van der Waals surface area contributed by atoms with Crippen LogP contribution in [0.1, 0.15) is 83.1 Å². The van der Waals surface area contributed by atoms with Crippen LogP contribution in [0.5, 0.6) is 0 Å². The molecule has 17 nitrogen and oxygen atoms in total. The molecule has 2 N–H and O–H groups in total. The molecule has 3 aliphatic rings. The van der Waals surface area contributed by atoms with Gasteiger partial charge < -0.3 is 38.0 Å². The zero-order valence-corrected chi connectivity index (χ0v) is 69.3. The number of benzene rings is 12. The molecule has 0 spiro atoms. The van der Waals surface area contributed by atoms with Crippen LogP contribution in [0.4, 0.5) is 0 Å². The largest absolute Gasteiger partial charge is 0.495 e. The zero-order valence-electron chi connectivity index (χ0n) is 67.0. The molecule has 6 heterocycles. The molecule has 3 fully saturated rings. The van der Waals surface area contributed by atoms with Crippen LogP contribution in [0.3, 0.4) is 0 Å². The molecular formula is C93H86B4Cl3N9O8. The maximum atomic E-state index is 9.13. The topological polar surface area (TPSA) is 212 Å².